The maximum absolute atomic E-state index is 15.5. The summed E-state index contributed by atoms with van der Waals surface area (Å²) in [6, 6.07) is 10.4. The molecular weight excluding hydrogens is 542 g/mol. The van der Waals surface area contributed by atoms with Gasteiger partial charge in [-0.15, -0.1) is 0 Å². The topological polar surface area (TPSA) is 135 Å². The standard InChI is InChI=1S/C28H26F2N4O5S/c1-2-23(40(31,37)38)19-7-8-22(29)24(25(19)30)26(35)21-15-33-27-20(21)13-18(14-32-27)16-3-5-17(6-4-16)28(36)34-9-11-39-12-10-34/h3-8,13-15,23H,2,9-12H2,1H3,(H,32,33)(H2,31,37,38). The first-order valence-electron chi connectivity index (χ1n) is 12.6. The highest BCUT2D eigenvalue weighted by Gasteiger charge is 2.30. The third kappa shape index (κ3) is 5.12. The van der Waals surface area contributed by atoms with Crippen molar-refractivity contribution >= 4 is 32.7 Å². The van der Waals surface area contributed by atoms with Crippen LogP contribution in [-0.4, -0.2) is 61.3 Å². The molecule has 1 atom stereocenters. The van der Waals surface area contributed by atoms with Crippen LogP contribution in [0.1, 0.15) is 50.4 Å². The molecule has 5 rings (SSSR count). The SMILES string of the molecule is CCC(c1ccc(F)c(C(=O)c2c[nH]c3ncc(-c4ccc(C(=O)N5CCOCC5)cc4)cc23)c1F)S(N)(=O)=O. The molecule has 208 valence electrons. The molecule has 1 unspecified atom stereocenters. The summed E-state index contributed by atoms with van der Waals surface area (Å²) >= 11 is 0. The number of carbonyl (C=O) groups excluding carboxylic acids is 2. The van der Waals surface area contributed by atoms with Crippen LogP contribution in [-0.2, 0) is 14.8 Å². The van der Waals surface area contributed by atoms with E-state index in [0.717, 1.165) is 12.1 Å². The summed E-state index contributed by atoms with van der Waals surface area (Å²) in [5.74, 6) is -3.47. The van der Waals surface area contributed by atoms with Crippen LogP contribution in [0.2, 0.25) is 0 Å². The summed E-state index contributed by atoms with van der Waals surface area (Å²) in [5.41, 5.74) is 0.874. The van der Waals surface area contributed by atoms with Crippen molar-refractivity contribution in [1.29, 1.82) is 0 Å². The Morgan fingerprint density at radius 2 is 1.80 bits per heavy atom. The van der Waals surface area contributed by atoms with Crippen LogP contribution in [0.5, 0.6) is 0 Å². The molecule has 1 aliphatic heterocycles. The number of aromatic amines is 1. The van der Waals surface area contributed by atoms with E-state index in [4.69, 9.17) is 9.88 Å². The molecule has 3 heterocycles. The number of hydrogen-bond donors (Lipinski definition) is 2. The molecule has 1 saturated heterocycles. The lowest BCUT2D eigenvalue weighted by Crippen LogP contribution is -2.40. The van der Waals surface area contributed by atoms with Gasteiger partial charge < -0.3 is 14.6 Å². The van der Waals surface area contributed by atoms with Gasteiger partial charge in [0.25, 0.3) is 5.91 Å². The summed E-state index contributed by atoms with van der Waals surface area (Å²) < 4.78 is 59.6. The van der Waals surface area contributed by atoms with Gasteiger partial charge in [0, 0.05) is 53.1 Å². The highest BCUT2D eigenvalue weighted by atomic mass is 32.2. The highest BCUT2D eigenvalue weighted by Crippen LogP contribution is 2.32. The minimum atomic E-state index is -4.20. The predicted octanol–water partition coefficient (Wildman–Crippen LogP) is 3.95. The van der Waals surface area contributed by atoms with Gasteiger partial charge in [0.05, 0.1) is 18.8 Å². The lowest BCUT2D eigenvalue weighted by atomic mass is 9.97. The van der Waals surface area contributed by atoms with Crippen molar-refractivity contribution in [2.45, 2.75) is 18.6 Å². The smallest absolute Gasteiger partial charge is 0.254 e. The molecule has 2 aromatic heterocycles. The van der Waals surface area contributed by atoms with E-state index in [2.05, 4.69) is 9.97 Å². The number of amides is 1. The second-order valence-electron chi connectivity index (χ2n) is 9.45. The first kappa shape index (κ1) is 27.6. The van der Waals surface area contributed by atoms with Gasteiger partial charge in [0.1, 0.15) is 22.5 Å². The molecule has 3 N–H and O–H groups in total. The molecular formula is C28H26F2N4O5S. The number of ether oxygens (including phenoxy) is 1. The number of nitrogens with two attached hydrogens (primary N) is 1. The van der Waals surface area contributed by atoms with Crippen LogP contribution in [0.3, 0.4) is 0 Å². The Morgan fingerprint density at radius 3 is 2.45 bits per heavy atom. The number of nitrogens with zero attached hydrogens (tertiary/aromatic N) is 2. The van der Waals surface area contributed by atoms with E-state index >= 15 is 4.39 Å². The summed E-state index contributed by atoms with van der Waals surface area (Å²) in [7, 11) is -4.20. The maximum Gasteiger partial charge on any atom is 0.254 e. The van der Waals surface area contributed by atoms with Crippen LogP contribution in [0.4, 0.5) is 8.78 Å². The van der Waals surface area contributed by atoms with Gasteiger partial charge in [-0.05, 0) is 36.2 Å². The fourth-order valence-corrected chi connectivity index (χ4v) is 5.89. The number of nitrogens with one attached hydrogen (secondary N) is 1. The highest BCUT2D eigenvalue weighted by molar-refractivity contribution is 7.89. The number of sulfonamides is 1. The van der Waals surface area contributed by atoms with E-state index in [0.29, 0.717) is 54.0 Å². The van der Waals surface area contributed by atoms with Gasteiger partial charge in [0.15, 0.2) is 0 Å². The molecule has 2 aromatic carbocycles. The Bertz CT molecular complexity index is 1710. The molecule has 1 amide bonds. The van der Waals surface area contributed by atoms with Crippen molar-refractivity contribution in [3.8, 4) is 11.1 Å². The molecule has 0 bridgehead atoms. The van der Waals surface area contributed by atoms with Crippen LogP contribution in [0, 0.1) is 11.6 Å². The number of morpholine rings is 1. The Hall–Kier alpha value is -4.00. The summed E-state index contributed by atoms with van der Waals surface area (Å²) in [4.78, 5) is 35.1. The van der Waals surface area contributed by atoms with E-state index in [-0.39, 0.29) is 23.5 Å². The Morgan fingerprint density at radius 1 is 1.10 bits per heavy atom. The first-order valence-corrected chi connectivity index (χ1v) is 14.2. The fraction of sp³-hybridized carbons (Fsp3) is 0.250. The normalized spacial score (nSPS) is 14.8. The summed E-state index contributed by atoms with van der Waals surface area (Å²) in [6.45, 7) is 3.54. The number of H-pyrrole nitrogens is 1. The van der Waals surface area contributed by atoms with E-state index in [1.54, 1.807) is 41.4 Å². The molecule has 0 radical (unpaired) electrons. The van der Waals surface area contributed by atoms with Crippen molar-refractivity contribution in [2.75, 3.05) is 26.3 Å². The minimum Gasteiger partial charge on any atom is -0.378 e. The molecule has 4 aromatic rings. The number of fused-ring (bicyclic) bond motifs is 1. The molecule has 0 spiro atoms. The van der Waals surface area contributed by atoms with Gasteiger partial charge in [-0.25, -0.2) is 27.3 Å². The molecule has 0 aliphatic carbocycles. The Balaban J connectivity index is 1.49. The second-order valence-corrected chi connectivity index (χ2v) is 11.2. The monoisotopic (exact) mass is 568 g/mol. The first-order chi connectivity index (χ1) is 19.1. The van der Waals surface area contributed by atoms with E-state index in [1.165, 1.54) is 13.1 Å². The van der Waals surface area contributed by atoms with E-state index in [1.807, 2.05) is 0 Å². The zero-order chi connectivity index (χ0) is 28.6. The van der Waals surface area contributed by atoms with Crippen LogP contribution >= 0.6 is 0 Å². The fourth-order valence-electron chi connectivity index (χ4n) is 4.89. The molecule has 1 aliphatic rings. The second kappa shape index (κ2) is 10.9. The molecule has 9 nitrogen and oxygen atoms in total. The maximum atomic E-state index is 15.5. The number of pyridine rings is 1. The Kier molecular flexibility index (Phi) is 7.49. The summed E-state index contributed by atoms with van der Waals surface area (Å²) in [6.07, 6.45) is 2.81. The zero-order valence-electron chi connectivity index (χ0n) is 21.5. The van der Waals surface area contributed by atoms with Crippen molar-refractivity contribution in [1.82, 2.24) is 14.9 Å². The lowest BCUT2D eigenvalue weighted by molar-refractivity contribution is 0.0303. The number of primary sulfonamides is 1. The van der Waals surface area contributed by atoms with Crippen molar-refractivity contribution in [3.05, 3.63) is 88.7 Å². The van der Waals surface area contributed by atoms with E-state index < -0.39 is 38.3 Å². The molecule has 12 heteroatoms. The predicted molar refractivity (Wildman–Crippen MR) is 144 cm³/mol. The Labute approximate surface area is 229 Å². The van der Waals surface area contributed by atoms with E-state index in [9.17, 15) is 22.4 Å². The van der Waals surface area contributed by atoms with Crippen LogP contribution in [0.15, 0.2) is 54.9 Å². The average Bonchev–Trinajstić information content (AvgIpc) is 3.37. The number of aromatic nitrogens is 2. The third-order valence-electron chi connectivity index (χ3n) is 7.00. The van der Waals surface area contributed by atoms with Crippen LogP contribution in [0.25, 0.3) is 22.2 Å². The van der Waals surface area contributed by atoms with Crippen molar-refractivity contribution < 1.29 is 31.5 Å². The van der Waals surface area contributed by atoms with Gasteiger partial charge in [-0.1, -0.05) is 25.1 Å². The van der Waals surface area contributed by atoms with Gasteiger partial charge >= 0.3 is 0 Å². The number of rotatable bonds is 7. The number of benzene rings is 2. The van der Waals surface area contributed by atoms with Gasteiger partial charge in [-0.3, -0.25) is 9.59 Å². The lowest BCUT2D eigenvalue weighted by Gasteiger charge is -2.26. The molecule has 0 saturated carbocycles. The number of carbonyl (C=O) groups is 2. The number of halogens is 2. The largest absolute Gasteiger partial charge is 0.378 e. The minimum absolute atomic E-state index is 0.0398. The molecule has 40 heavy (non-hydrogen) atoms. The third-order valence-corrected chi connectivity index (χ3v) is 8.38. The van der Waals surface area contributed by atoms with Crippen LogP contribution < -0.4 is 5.14 Å². The quantitative estimate of drug-likeness (QED) is 0.324. The average molecular weight is 569 g/mol. The van der Waals surface area contributed by atoms with Gasteiger partial charge in [-0.2, -0.15) is 0 Å². The number of ketones is 1. The van der Waals surface area contributed by atoms with Crippen molar-refractivity contribution in [2.24, 2.45) is 5.14 Å². The molecule has 1 fully saturated rings. The van der Waals surface area contributed by atoms with Crippen molar-refractivity contribution in [3.63, 3.8) is 0 Å². The zero-order valence-corrected chi connectivity index (χ0v) is 22.3. The van der Waals surface area contributed by atoms with Gasteiger partial charge in [0.2, 0.25) is 15.8 Å². The number of hydrogen-bond acceptors (Lipinski definition) is 6. The summed E-state index contributed by atoms with van der Waals surface area (Å²) in [5, 5.41) is 4.13.